The molecule has 2 aromatic rings. The quantitative estimate of drug-likeness (QED) is 0.561. The Morgan fingerprint density at radius 3 is 2.76 bits per heavy atom. The van der Waals surface area contributed by atoms with Crippen LogP contribution in [-0.4, -0.2) is 21.9 Å². The molecule has 1 aliphatic heterocycles. The molecule has 0 saturated carbocycles. The van der Waals surface area contributed by atoms with Gasteiger partial charge in [-0.3, -0.25) is 0 Å². The third-order valence-corrected chi connectivity index (χ3v) is 4.78. The summed E-state index contributed by atoms with van der Waals surface area (Å²) in [5, 5.41) is 33.8. The highest BCUT2D eigenvalue weighted by atomic mass is 16.3. The van der Waals surface area contributed by atoms with Gasteiger partial charge in [-0.05, 0) is 66.3 Å². The first-order valence-electron chi connectivity index (χ1n) is 7.21. The average molecular weight is 283 g/mol. The summed E-state index contributed by atoms with van der Waals surface area (Å²) in [5.74, 6) is 0.0340. The minimum absolute atomic E-state index is 0.0954. The minimum atomic E-state index is -0.121. The molecule has 0 saturated heterocycles. The van der Waals surface area contributed by atoms with Gasteiger partial charge in [0, 0.05) is 11.6 Å². The lowest BCUT2D eigenvalue weighted by Gasteiger charge is -2.35. The van der Waals surface area contributed by atoms with Crippen molar-refractivity contribution < 1.29 is 15.3 Å². The lowest BCUT2D eigenvalue weighted by Crippen LogP contribution is -2.34. The average Bonchev–Trinajstić information content (AvgIpc) is 2.48. The largest absolute Gasteiger partial charge is 0.508 e. The molecule has 0 spiro atoms. The van der Waals surface area contributed by atoms with E-state index in [2.05, 4.69) is 5.32 Å². The second-order valence-electron chi connectivity index (χ2n) is 5.89. The fourth-order valence-electron chi connectivity index (χ4n) is 3.73. The zero-order valence-corrected chi connectivity index (χ0v) is 11.8. The number of fused-ring (bicyclic) bond motifs is 2. The van der Waals surface area contributed by atoms with Crippen LogP contribution in [-0.2, 0) is 12.8 Å². The Bertz CT molecular complexity index is 767. The number of hydrogen-bond donors (Lipinski definition) is 4. The van der Waals surface area contributed by atoms with Gasteiger partial charge >= 0.3 is 0 Å². The van der Waals surface area contributed by atoms with Gasteiger partial charge in [-0.25, -0.2) is 0 Å². The molecule has 1 aliphatic carbocycles. The van der Waals surface area contributed by atoms with Gasteiger partial charge < -0.3 is 20.6 Å². The maximum atomic E-state index is 10.3. The molecule has 21 heavy (non-hydrogen) atoms. The van der Waals surface area contributed by atoms with Crippen LogP contribution in [0.5, 0.6) is 17.2 Å². The van der Waals surface area contributed by atoms with Crippen molar-refractivity contribution in [3.63, 3.8) is 0 Å². The van der Waals surface area contributed by atoms with Gasteiger partial charge in [0.2, 0.25) is 0 Å². The van der Waals surface area contributed by atoms with Gasteiger partial charge in [-0.1, -0.05) is 6.07 Å². The monoisotopic (exact) mass is 283 g/mol. The van der Waals surface area contributed by atoms with E-state index in [1.165, 1.54) is 11.6 Å². The maximum Gasteiger partial charge on any atom is 0.165 e. The molecule has 108 valence electrons. The second-order valence-corrected chi connectivity index (χ2v) is 5.89. The first-order chi connectivity index (χ1) is 10.1. The second kappa shape index (κ2) is 4.15. The van der Waals surface area contributed by atoms with E-state index in [4.69, 9.17) is 0 Å². The molecule has 1 unspecified atom stereocenters. The van der Waals surface area contributed by atoms with E-state index in [0.29, 0.717) is 5.56 Å². The van der Waals surface area contributed by atoms with E-state index in [1.807, 2.05) is 13.0 Å². The van der Waals surface area contributed by atoms with Crippen molar-refractivity contribution in [3.05, 3.63) is 40.5 Å². The standard InChI is InChI=1S/C17H17NO3/c1-8-10-4-5-18-12-6-9-2-3-13(19)17(21)15(9)11(16(10)12)7-14(8)20/h2-3,7,12,18-21H,4-6H2,1H3. The van der Waals surface area contributed by atoms with Crippen molar-refractivity contribution in [1.29, 1.82) is 0 Å². The van der Waals surface area contributed by atoms with Crippen LogP contribution in [0.1, 0.15) is 28.3 Å². The number of rotatable bonds is 0. The van der Waals surface area contributed by atoms with E-state index >= 15 is 0 Å². The van der Waals surface area contributed by atoms with Gasteiger partial charge in [0.15, 0.2) is 11.5 Å². The summed E-state index contributed by atoms with van der Waals surface area (Å²) in [6, 6.07) is 5.29. The first-order valence-corrected chi connectivity index (χ1v) is 7.21. The van der Waals surface area contributed by atoms with Gasteiger partial charge in [0.25, 0.3) is 0 Å². The van der Waals surface area contributed by atoms with Crippen molar-refractivity contribution in [1.82, 2.24) is 5.32 Å². The summed E-state index contributed by atoms with van der Waals surface area (Å²) >= 11 is 0. The van der Waals surface area contributed by atoms with Gasteiger partial charge in [0.05, 0.1) is 0 Å². The van der Waals surface area contributed by atoms with Gasteiger partial charge in [-0.15, -0.1) is 0 Å². The molecule has 0 aromatic heterocycles. The Labute approximate surface area is 122 Å². The van der Waals surface area contributed by atoms with Crippen molar-refractivity contribution >= 4 is 0 Å². The molecule has 0 amide bonds. The Kier molecular flexibility index (Phi) is 2.48. The molecular formula is C17H17NO3. The zero-order valence-electron chi connectivity index (χ0n) is 11.8. The Morgan fingerprint density at radius 2 is 1.95 bits per heavy atom. The molecule has 0 bridgehead atoms. The zero-order chi connectivity index (χ0) is 14.7. The summed E-state index contributed by atoms with van der Waals surface area (Å²) in [6.45, 7) is 2.83. The molecule has 4 heteroatoms. The van der Waals surface area contributed by atoms with Crippen LogP contribution in [0.2, 0.25) is 0 Å². The van der Waals surface area contributed by atoms with Crippen LogP contribution >= 0.6 is 0 Å². The summed E-state index contributed by atoms with van der Waals surface area (Å²) in [4.78, 5) is 0. The first kappa shape index (κ1) is 12.5. The predicted octanol–water partition coefficient (Wildman–Crippen LogP) is 2.52. The Balaban J connectivity index is 2.11. The fraction of sp³-hybridized carbons (Fsp3) is 0.294. The van der Waals surface area contributed by atoms with Crippen molar-refractivity contribution in [2.24, 2.45) is 0 Å². The summed E-state index contributed by atoms with van der Waals surface area (Å²) in [6.07, 6.45) is 1.65. The lowest BCUT2D eigenvalue weighted by atomic mass is 9.76. The van der Waals surface area contributed by atoms with E-state index in [0.717, 1.165) is 41.6 Å². The minimum Gasteiger partial charge on any atom is -0.508 e. The van der Waals surface area contributed by atoms with Crippen molar-refractivity contribution in [2.45, 2.75) is 25.8 Å². The maximum absolute atomic E-state index is 10.3. The van der Waals surface area contributed by atoms with E-state index < -0.39 is 0 Å². The molecule has 2 aromatic carbocycles. The number of phenols is 3. The third kappa shape index (κ3) is 1.59. The van der Waals surface area contributed by atoms with Crippen LogP contribution < -0.4 is 5.32 Å². The van der Waals surface area contributed by atoms with Crippen LogP contribution in [0.25, 0.3) is 11.1 Å². The van der Waals surface area contributed by atoms with Crippen molar-refractivity contribution in [2.75, 3.05) is 6.54 Å². The lowest BCUT2D eigenvalue weighted by molar-refractivity contribution is 0.402. The summed E-state index contributed by atoms with van der Waals surface area (Å²) in [7, 11) is 0. The van der Waals surface area contributed by atoms with Gasteiger partial charge in [-0.2, -0.15) is 0 Å². The normalized spacial score (nSPS) is 19.0. The van der Waals surface area contributed by atoms with Crippen LogP contribution in [0.4, 0.5) is 0 Å². The van der Waals surface area contributed by atoms with E-state index in [9.17, 15) is 15.3 Å². The highest BCUT2D eigenvalue weighted by Gasteiger charge is 2.33. The van der Waals surface area contributed by atoms with Crippen LogP contribution in [0.15, 0.2) is 18.2 Å². The molecule has 2 aliphatic rings. The van der Waals surface area contributed by atoms with Crippen molar-refractivity contribution in [3.8, 4) is 28.4 Å². The third-order valence-electron chi connectivity index (χ3n) is 4.78. The fourth-order valence-corrected chi connectivity index (χ4v) is 3.73. The molecule has 0 fully saturated rings. The molecule has 1 atom stereocenters. The summed E-state index contributed by atoms with van der Waals surface area (Å²) < 4.78 is 0. The van der Waals surface area contributed by atoms with E-state index in [1.54, 1.807) is 6.07 Å². The Hall–Kier alpha value is -2.20. The molecule has 0 radical (unpaired) electrons. The SMILES string of the molecule is Cc1c(O)cc2c3c1CCNC3Cc1ccc(O)c(O)c1-2. The topological polar surface area (TPSA) is 72.7 Å². The number of aromatic hydroxyl groups is 3. The number of benzene rings is 2. The molecular weight excluding hydrogens is 266 g/mol. The summed E-state index contributed by atoms with van der Waals surface area (Å²) in [5.41, 5.74) is 5.73. The Morgan fingerprint density at radius 1 is 1.14 bits per heavy atom. The highest BCUT2D eigenvalue weighted by Crippen LogP contribution is 2.50. The highest BCUT2D eigenvalue weighted by molar-refractivity contribution is 5.83. The predicted molar refractivity (Wildman–Crippen MR) is 79.8 cm³/mol. The van der Waals surface area contributed by atoms with Gasteiger partial charge in [0.1, 0.15) is 5.75 Å². The molecule has 1 heterocycles. The molecule has 4 N–H and O–H groups in total. The molecule has 4 nitrogen and oxygen atoms in total. The number of nitrogens with one attached hydrogen (secondary N) is 1. The molecule has 4 rings (SSSR count). The van der Waals surface area contributed by atoms with Crippen LogP contribution in [0.3, 0.4) is 0 Å². The van der Waals surface area contributed by atoms with E-state index in [-0.39, 0.29) is 23.3 Å². The number of phenolic OH excluding ortho intramolecular Hbond substituents is 3. The van der Waals surface area contributed by atoms with Crippen LogP contribution in [0, 0.1) is 6.92 Å². The smallest absolute Gasteiger partial charge is 0.165 e. The number of hydrogen-bond acceptors (Lipinski definition) is 4.